The first-order chi connectivity index (χ1) is 12.1. The minimum Gasteiger partial charge on any atom is -0.455 e. The Morgan fingerprint density at radius 3 is 2.56 bits per heavy atom. The number of carbonyl (C=O) groups excluding carboxylic acids is 2. The maximum atomic E-state index is 13.9. The molecule has 2 aromatic rings. The Morgan fingerprint density at radius 2 is 1.84 bits per heavy atom. The molecular formula is C19H19FN2O3. The summed E-state index contributed by atoms with van der Waals surface area (Å²) in [5, 5.41) is 0. The summed E-state index contributed by atoms with van der Waals surface area (Å²) in [5.74, 6) is 0.465. The number of furan rings is 1. The Morgan fingerprint density at radius 1 is 1.08 bits per heavy atom. The predicted octanol–water partition coefficient (Wildman–Crippen LogP) is 2.90. The first kappa shape index (κ1) is 15.9. The molecule has 2 heterocycles. The van der Waals surface area contributed by atoms with Gasteiger partial charge in [-0.15, -0.1) is 0 Å². The van der Waals surface area contributed by atoms with Gasteiger partial charge in [0, 0.05) is 45.1 Å². The van der Waals surface area contributed by atoms with Crippen molar-refractivity contribution in [3.05, 3.63) is 53.2 Å². The van der Waals surface area contributed by atoms with Crippen molar-refractivity contribution in [2.24, 2.45) is 0 Å². The molecule has 6 heteroatoms. The number of Topliss-reactive ketones (excluding diaryl/α,β-unsaturated/α-hetero) is 1. The van der Waals surface area contributed by atoms with E-state index < -0.39 is 0 Å². The molecule has 5 nitrogen and oxygen atoms in total. The highest BCUT2D eigenvalue weighted by molar-refractivity contribution is 6.01. The first-order valence-corrected chi connectivity index (χ1v) is 8.58. The summed E-state index contributed by atoms with van der Waals surface area (Å²) in [6.07, 6.45) is 1.99. The monoisotopic (exact) mass is 342 g/mol. The van der Waals surface area contributed by atoms with E-state index in [4.69, 9.17) is 4.42 Å². The second-order valence-electron chi connectivity index (χ2n) is 6.45. The molecule has 2 aliphatic rings. The molecule has 0 radical (unpaired) electrons. The zero-order valence-electron chi connectivity index (χ0n) is 13.8. The number of piperazine rings is 1. The molecule has 1 amide bonds. The van der Waals surface area contributed by atoms with Crippen molar-refractivity contribution in [2.45, 2.75) is 19.3 Å². The average molecular weight is 342 g/mol. The SMILES string of the molecule is O=C1CCCc2oc(C(=O)N3CCN(c4ccccc4F)CC3)cc21. The number of hydrogen-bond donors (Lipinski definition) is 0. The van der Waals surface area contributed by atoms with E-state index in [2.05, 4.69) is 0 Å². The average Bonchev–Trinajstić information content (AvgIpc) is 3.07. The molecule has 25 heavy (non-hydrogen) atoms. The van der Waals surface area contributed by atoms with Crippen molar-refractivity contribution < 1.29 is 18.4 Å². The number of benzene rings is 1. The van der Waals surface area contributed by atoms with Crippen molar-refractivity contribution >= 4 is 17.4 Å². The number of ketones is 1. The lowest BCUT2D eigenvalue weighted by molar-refractivity contribution is 0.0712. The van der Waals surface area contributed by atoms with Crippen LogP contribution in [0.1, 0.15) is 39.5 Å². The molecule has 0 bridgehead atoms. The van der Waals surface area contributed by atoms with Crippen LogP contribution in [0.15, 0.2) is 34.7 Å². The van der Waals surface area contributed by atoms with E-state index in [1.807, 2.05) is 4.90 Å². The van der Waals surface area contributed by atoms with Gasteiger partial charge in [0.05, 0.1) is 11.3 Å². The summed E-state index contributed by atoms with van der Waals surface area (Å²) in [7, 11) is 0. The highest BCUT2D eigenvalue weighted by Gasteiger charge is 2.29. The second kappa shape index (κ2) is 6.35. The van der Waals surface area contributed by atoms with Crippen LogP contribution in [-0.4, -0.2) is 42.8 Å². The lowest BCUT2D eigenvalue weighted by Gasteiger charge is -2.35. The predicted molar refractivity (Wildman–Crippen MR) is 90.5 cm³/mol. The van der Waals surface area contributed by atoms with E-state index in [0.29, 0.717) is 56.0 Å². The highest BCUT2D eigenvalue weighted by atomic mass is 19.1. The number of fused-ring (bicyclic) bond motifs is 1. The van der Waals surface area contributed by atoms with E-state index in [-0.39, 0.29) is 23.3 Å². The third kappa shape index (κ3) is 2.92. The molecular weight excluding hydrogens is 323 g/mol. The van der Waals surface area contributed by atoms with Gasteiger partial charge in [-0.3, -0.25) is 9.59 Å². The number of amides is 1. The van der Waals surface area contributed by atoms with Gasteiger partial charge in [-0.25, -0.2) is 4.39 Å². The number of rotatable bonds is 2. The molecule has 1 fully saturated rings. The summed E-state index contributed by atoms with van der Waals surface area (Å²) in [4.78, 5) is 28.2. The summed E-state index contributed by atoms with van der Waals surface area (Å²) in [5.41, 5.74) is 1.12. The molecule has 130 valence electrons. The maximum Gasteiger partial charge on any atom is 0.289 e. The second-order valence-corrected chi connectivity index (χ2v) is 6.45. The normalized spacial score (nSPS) is 17.6. The van der Waals surface area contributed by atoms with Gasteiger partial charge < -0.3 is 14.2 Å². The molecule has 0 saturated carbocycles. The first-order valence-electron chi connectivity index (χ1n) is 8.58. The van der Waals surface area contributed by atoms with Crippen LogP contribution in [-0.2, 0) is 6.42 Å². The minimum atomic E-state index is -0.250. The van der Waals surface area contributed by atoms with Crippen LogP contribution < -0.4 is 4.90 Å². The molecule has 1 aliphatic heterocycles. The van der Waals surface area contributed by atoms with Crippen LogP contribution in [0.2, 0.25) is 0 Å². The van der Waals surface area contributed by atoms with Crippen LogP contribution in [0.25, 0.3) is 0 Å². The topological polar surface area (TPSA) is 53.8 Å². The zero-order chi connectivity index (χ0) is 17.4. The molecule has 0 atom stereocenters. The molecule has 1 aromatic heterocycles. The van der Waals surface area contributed by atoms with Gasteiger partial charge in [-0.2, -0.15) is 0 Å². The summed E-state index contributed by atoms with van der Waals surface area (Å²) in [6.45, 7) is 2.11. The number of nitrogens with zero attached hydrogens (tertiary/aromatic N) is 2. The molecule has 1 aromatic carbocycles. The number of anilines is 1. The lowest BCUT2D eigenvalue weighted by Crippen LogP contribution is -2.49. The van der Waals surface area contributed by atoms with Gasteiger partial charge in [0.1, 0.15) is 11.6 Å². The zero-order valence-corrected chi connectivity index (χ0v) is 13.8. The number of halogens is 1. The fraction of sp³-hybridized carbons (Fsp3) is 0.368. The molecule has 0 spiro atoms. The van der Waals surface area contributed by atoms with Crippen LogP contribution in [0, 0.1) is 5.82 Å². The van der Waals surface area contributed by atoms with E-state index in [1.165, 1.54) is 6.07 Å². The molecule has 1 aliphatic carbocycles. The standard InChI is InChI=1S/C19H19FN2O3/c20-14-4-1-2-5-15(14)21-8-10-22(11-9-21)19(24)18-12-13-16(23)6-3-7-17(13)25-18/h1-2,4-5,12H,3,6-11H2. The van der Waals surface area contributed by atoms with Crippen molar-refractivity contribution in [2.75, 3.05) is 31.1 Å². The highest BCUT2D eigenvalue weighted by Crippen LogP contribution is 2.26. The maximum absolute atomic E-state index is 13.9. The van der Waals surface area contributed by atoms with Crippen molar-refractivity contribution in [1.82, 2.24) is 4.90 Å². The molecule has 0 unspecified atom stereocenters. The van der Waals surface area contributed by atoms with Gasteiger partial charge in [-0.05, 0) is 18.6 Å². The van der Waals surface area contributed by atoms with Gasteiger partial charge in [0.2, 0.25) is 0 Å². The Hall–Kier alpha value is -2.63. The fourth-order valence-electron chi connectivity index (χ4n) is 3.51. The Labute approximate surface area is 145 Å². The fourth-order valence-corrected chi connectivity index (χ4v) is 3.51. The number of aryl methyl sites for hydroxylation is 1. The summed E-state index contributed by atoms with van der Waals surface area (Å²) < 4.78 is 19.5. The van der Waals surface area contributed by atoms with E-state index in [1.54, 1.807) is 29.2 Å². The Balaban J connectivity index is 1.45. The third-order valence-corrected chi connectivity index (χ3v) is 4.89. The number of hydrogen-bond acceptors (Lipinski definition) is 4. The summed E-state index contributed by atoms with van der Waals surface area (Å²) >= 11 is 0. The Bertz CT molecular complexity index is 822. The van der Waals surface area contributed by atoms with Gasteiger partial charge in [0.15, 0.2) is 11.5 Å². The Kier molecular flexibility index (Phi) is 4.03. The van der Waals surface area contributed by atoms with Crippen molar-refractivity contribution in [3.8, 4) is 0 Å². The van der Waals surface area contributed by atoms with Crippen LogP contribution in [0.5, 0.6) is 0 Å². The van der Waals surface area contributed by atoms with Crippen molar-refractivity contribution in [1.29, 1.82) is 0 Å². The summed E-state index contributed by atoms with van der Waals surface area (Å²) in [6, 6.07) is 8.25. The van der Waals surface area contributed by atoms with E-state index in [9.17, 15) is 14.0 Å². The molecule has 0 N–H and O–H groups in total. The van der Waals surface area contributed by atoms with E-state index in [0.717, 1.165) is 6.42 Å². The molecule has 4 rings (SSSR count). The van der Waals surface area contributed by atoms with Gasteiger partial charge >= 0.3 is 0 Å². The third-order valence-electron chi connectivity index (χ3n) is 4.89. The lowest BCUT2D eigenvalue weighted by atomic mass is 9.97. The quantitative estimate of drug-likeness (QED) is 0.842. The largest absolute Gasteiger partial charge is 0.455 e. The number of carbonyl (C=O) groups is 2. The smallest absolute Gasteiger partial charge is 0.289 e. The molecule has 1 saturated heterocycles. The van der Waals surface area contributed by atoms with Gasteiger partial charge in [0.25, 0.3) is 5.91 Å². The van der Waals surface area contributed by atoms with E-state index >= 15 is 0 Å². The van der Waals surface area contributed by atoms with Crippen LogP contribution >= 0.6 is 0 Å². The van der Waals surface area contributed by atoms with Crippen LogP contribution in [0.3, 0.4) is 0 Å². The minimum absolute atomic E-state index is 0.0495. The van der Waals surface area contributed by atoms with Crippen LogP contribution in [0.4, 0.5) is 10.1 Å². The number of para-hydroxylation sites is 1. The van der Waals surface area contributed by atoms with Gasteiger partial charge in [-0.1, -0.05) is 12.1 Å². The van der Waals surface area contributed by atoms with Crippen molar-refractivity contribution in [3.63, 3.8) is 0 Å².